The average molecular weight is 347 g/mol. The van der Waals surface area contributed by atoms with Gasteiger partial charge in [-0.3, -0.25) is 14.8 Å². The van der Waals surface area contributed by atoms with Crippen molar-refractivity contribution in [2.45, 2.75) is 6.54 Å². The van der Waals surface area contributed by atoms with Gasteiger partial charge in [0.1, 0.15) is 5.69 Å². The number of hydrogen-bond donors (Lipinski definition) is 2. The maximum atomic E-state index is 12.4. The van der Waals surface area contributed by atoms with Gasteiger partial charge in [-0.25, -0.2) is 0 Å². The molecule has 0 radical (unpaired) electrons. The number of rotatable bonds is 6. The fourth-order valence-corrected chi connectivity index (χ4v) is 2.41. The summed E-state index contributed by atoms with van der Waals surface area (Å²) in [7, 11) is 3.95. The quantitative estimate of drug-likeness (QED) is 0.715. The number of benzene rings is 1. The third-order valence-corrected chi connectivity index (χ3v) is 3.85. The SMILES string of the molecule is CN(C)c1ccc(NC(=O)c2cc(NCc3cccnc3)ccn2)cc1. The highest BCUT2D eigenvalue weighted by Crippen LogP contribution is 2.17. The number of carbonyl (C=O) groups excluding carboxylic acids is 1. The summed E-state index contributed by atoms with van der Waals surface area (Å²) in [5.41, 5.74) is 4.06. The molecule has 0 aliphatic carbocycles. The number of hydrogen-bond acceptors (Lipinski definition) is 5. The molecule has 6 nitrogen and oxygen atoms in total. The first-order chi connectivity index (χ1) is 12.6. The molecule has 0 atom stereocenters. The predicted octanol–water partition coefficient (Wildman–Crippen LogP) is 3.41. The van der Waals surface area contributed by atoms with Crippen molar-refractivity contribution >= 4 is 23.0 Å². The minimum Gasteiger partial charge on any atom is -0.381 e. The monoisotopic (exact) mass is 347 g/mol. The molecular formula is C20H21N5O. The maximum Gasteiger partial charge on any atom is 0.274 e. The number of aromatic nitrogens is 2. The Morgan fingerprint density at radius 3 is 2.54 bits per heavy atom. The van der Waals surface area contributed by atoms with E-state index in [0.717, 1.165) is 22.6 Å². The lowest BCUT2D eigenvalue weighted by Gasteiger charge is -2.13. The molecule has 132 valence electrons. The van der Waals surface area contributed by atoms with Gasteiger partial charge >= 0.3 is 0 Å². The van der Waals surface area contributed by atoms with Gasteiger partial charge in [0.2, 0.25) is 0 Å². The van der Waals surface area contributed by atoms with E-state index in [1.807, 2.05) is 61.5 Å². The first-order valence-electron chi connectivity index (χ1n) is 8.29. The molecule has 26 heavy (non-hydrogen) atoms. The molecule has 0 unspecified atom stereocenters. The van der Waals surface area contributed by atoms with Crippen LogP contribution in [0.4, 0.5) is 17.1 Å². The Bertz CT molecular complexity index is 863. The van der Waals surface area contributed by atoms with Gasteiger partial charge in [-0.1, -0.05) is 6.07 Å². The third-order valence-electron chi connectivity index (χ3n) is 3.85. The van der Waals surface area contributed by atoms with Crippen molar-refractivity contribution in [3.63, 3.8) is 0 Å². The summed E-state index contributed by atoms with van der Waals surface area (Å²) in [6, 6.07) is 15.1. The summed E-state index contributed by atoms with van der Waals surface area (Å²) in [6.07, 6.45) is 5.16. The van der Waals surface area contributed by atoms with Crippen molar-refractivity contribution in [3.05, 3.63) is 78.4 Å². The Balaban J connectivity index is 1.64. The van der Waals surface area contributed by atoms with Gasteiger partial charge in [-0.05, 0) is 48.0 Å². The van der Waals surface area contributed by atoms with Crippen molar-refractivity contribution in [1.29, 1.82) is 0 Å². The van der Waals surface area contributed by atoms with Crippen LogP contribution in [0.15, 0.2) is 67.1 Å². The van der Waals surface area contributed by atoms with Crippen LogP contribution in [-0.4, -0.2) is 30.0 Å². The minimum atomic E-state index is -0.243. The summed E-state index contributed by atoms with van der Waals surface area (Å²) in [4.78, 5) is 22.7. The lowest BCUT2D eigenvalue weighted by Crippen LogP contribution is -2.14. The van der Waals surface area contributed by atoms with Gasteiger partial charge < -0.3 is 15.5 Å². The molecule has 3 aromatic rings. The molecule has 1 aromatic carbocycles. The number of pyridine rings is 2. The van der Waals surface area contributed by atoms with Crippen LogP contribution < -0.4 is 15.5 Å². The summed E-state index contributed by atoms with van der Waals surface area (Å²) < 4.78 is 0. The molecule has 1 amide bonds. The van der Waals surface area contributed by atoms with Gasteiger partial charge in [0.15, 0.2) is 0 Å². The number of carbonyl (C=O) groups is 1. The second kappa shape index (κ2) is 8.11. The van der Waals surface area contributed by atoms with Crippen LogP contribution >= 0.6 is 0 Å². The Hall–Kier alpha value is -3.41. The smallest absolute Gasteiger partial charge is 0.274 e. The fraction of sp³-hybridized carbons (Fsp3) is 0.150. The van der Waals surface area contributed by atoms with Crippen LogP contribution in [0.2, 0.25) is 0 Å². The van der Waals surface area contributed by atoms with E-state index in [4.69, 9.17) is 0 Å². The van der Waals surface area contributed by atoms with Gasteiger partial charge in [0.25, 0.3) is 5.91 Å². The summed E-state index contributed by atoms with van der Waals surface area (Å²) in [5, 5.41) is 6.14. The van der Waals surface area contributed by atoms with E-state index in [-0.39, 0.29) is 5.91 Å². The topological polar surface area (TPSA) is 70.2 Å². The molecule has 0 aliphatic heterocycles. The van der Waals surface area contributed by atoms with Gasteiger partial charge in [0.05, 0.1) is 0 Å². The van der Waals surface area contributed by atoms with E-state index < -0.39 is 0 Å². The highest BCUT2D eigenvalue weighted by molar-refractivity contribution is 6.03. The van der Waals surface area contributed by atoms with E-state index >= 15 is 0 Å². The van der Waals surface area contributed by atoms with Crippen LogP contribution in [0.5, 0.6) is 0 Å². The first kappa shape index (κ1) is 17.4. The van der Waals surface area contributed by atoms with E-state index in [0.29, 0.717) is 12.2 Å². The second-order valence-electron chi connectivity index (χ2n) is 6.04. The second-order valence-corrected chi connectivity index (χ2v) is 6.04. The predicted molar refractivity (Wildman–Crippen MR) is 105 cm³/mol. The van der Waals surface area contributed by atoms with E-state index in [2.05, 4.69) is 20.6 Å². The van der Waals surface area contributed by atoms with Gasteiger partial charge in [-0.2, -0.15) is 0 Å². The lowest BCUT2D eigenvalue weighted by atomic mass is 10.2. The highest BCUT2D eigenvalue weighted by atomic mass is 16.1. The molecule has 0 saturated heterocycles. The van der Waals surface area contributed by atoms with Gasteiger partial charge in [0, 0.05) is 56.3 Å². The van der Waals surface area contributed by atoms with Crippen LogP contribution in [0.25, 0.3) is 0 Å². The number of amides is 1. The standard InChI is InChI=1S/C20H21N5O/c1-25(2)18-7-5-16(6-8-18)24-20(26)19-12-17(9-11-22-19)23-14-15-4-3-10-21-13-15/h3-13H,14H2,1-2H3,(H,22,23)(H,24,26). The molecule has 0 saturated carbocycles. The normalized spacial score (nSPS) is 10.2. The Morgan fingerprint density at radius 1 is 1.04 bits per heavy atom. The third kappa shape index (κ3) is 4.57. The van der Waals surface area contributed by atoms with Crippen molar-refractivity contribution in [1.82, 2.24) is 9.97 Å². The number of nitrogens with zero attached hydrogens (tertiary/aromatic N) is 3. The van der Waals surface area contributed by atoms with E-state index in [1.165, 1.54) is 0 Å². The summed E-state index contributed by atoms with van der Waals surface area (Å²) in [5.74, 6) is -0.243. The Morgan fingerprint density at radius 2 is 1.85 bits per heavy atom. The summed E-state index contributed by atoms with van der Waals surface area (Å²) >= 11 is 0. The Kier molecular flexibility index (Phi) is 5.43. The zero-order chi connectivity index (χ0) is 18.4. The molecule has 2 aromatic heterocycles. The average Bonchev–Trinajstić information content (AvgIpc) is 2.68. The molecule has 6 heteroatoms. The minimum absolute atomic E-state index is 0.243. The fourth-order valence-electron chi connectivity index (χ4n) is 2.41. The van der Waals surface area contributed by atoms with Crippen molar-refractivity contribution < 1.29 is 4.79 Å². The molecule has 2 heterocycles. The van der Waals surface area contributed by atoms with Crippen molar-refractivity contribution in [2.75, 3.05) is 29.6 Å². The zero-order valence-corrected chi connectivity index (χ0v) is 14.8. The van der Waals surface area contributed by atoms with Crippen molar-refractivity contribution in [2.24, 2.45) is 0 Å². The highest BCUT2D eigenvalue weighted by Gasteiger charge is 2.09. The Labute approximate surface area is 152 Å². The molecule has 3 rings (SSSR count). The van der Waals surface area contributed by atoms with E-state index in [1.54, 1.807) is 24.7 Å². The lowest BCUT2D eigenvalue weighted by molar-refractivity contribution is 0.102. The van der Waals surface area contributed by atoms with Crippen LogP contribution in [0, 0.1) is 0 Å². The molecular weight excluding hydrogens is 326 g/mol. The first-order valence-corrected chi connectivity index (χ1v) is 8.29. The van der Waals surface area contributed by atoms with Crippen molar-refractivity contribution in [3.8, 4) is 0 Å². The molecule has 0 spiro atoms. The maximum absolute atomic E-state index is 12.4. The van der Waals surface area contributed by atoms with Gasteiger partial charge in [-0.15, -0.1) is 0 Å². The van der Waals surface area contributed by atoms with Crippen LogP contribution in [0.3, 0.4) is 0 Å². The zero-order valence-electron chi connectivity index (χ0n) is 14.8. The molecule has 0 fully saturated rings. The number of anilines is 3. The molecule has 0 aliphatic rings. The molecule has 0 bridgehead atoms. The molecule has 2 N–H and O–H groups in total. The largest absolute Gasteiger partial charge is 0.381 e. The number of nitrogens with one attached hydrogen (secondary N) is 2. The van der Waals surface area contributed by atoms with Crippen LogP contribution in [0.1, 0.15) is 16.1 Å². The van der Waals surface area contributed by atoms with Crippen LogP contribution in [-0.2, 0) is 6.54 Å². The van der Waals surface area contributed by atoms with E-state index in [9.17, 15) is 4.79 Å². The summed E-state index contributed by atoms with van der Waals surface area (Å²) in [6.45, 7) is 0.630.